The second-order valence-electron chi connectivity index (χ2n) is 8.08. The van der Waals surface area contributed by atoms with Gasteiger partial charge in [0.05, 0.1) is 12.0 Å². The highest BCUT2D eigenvalue weighted by Crippen LogP contribution is 2.35. The van der Waals surface area contributed by atoms with Crippen molar-refractivity contribution >= 4 is 27.5 Å². The van der Waals surface area contributed by atoms with Gasteiger partial charge in [-0.2, -0.15) is 4.31 Å². The van der Waals surface area contributed by atoms with E-state index in [0.29, 0.717) is 30.9 Å². The van der Waals surface area contributed by atoms with Gasteiger partial charge in [0.1, 0.15) is 11.8 Å². The second-order valence-corrected chi connectivity index (χ2v) is 10.0. The fraction of sp³-hybridized carbons (Fsp3) is 0.391. The van der Waals surface area contributed by atoms with Crippen molar-refractivity contribution in [3.8, 4) is 5.75 Å². The molecule has 2 aromatic rings. The van der Waals surface area contributed by atoms with Crippen LogP contribution in [0.3, 0.4) is 0 Å². The monoisotopic (exact) mass is 457 g/mol. The van der Waals surface area contributed by atoms with Crippen molar-refractivity contribution in [3.05, 3.63) is 53.6 Å². The maximum absolute atomic E-state index is 13.0. The van der Waals surface area contributed by atoms with Crippen molar-refractivity contribution < 1.29 is 22.7 Å². The summed E-state index contributed by atoms with van der Waals surface area (Å²) in [6.45, 7) is 2.77. The first-order chi connectivity index (χ1) is 15.3. The molecule has 4 rings (SSSR count). The van der Waals surface area contributed by atoms with Gasteiger partial charge >= 0.3 is 0 Å². The minimum Gasteiger partial charge on any atom is -0.497 e. The largest absolute Gasteiger partial charge is 0.497 e. The molecule has 1 atom stereocenters. The number of sulfonamides is 1. The van der Waals surface area contributed by atoms with Gasteiger partial charge in [0.25, 0.3) is 0 Å². The number of ether oxygens (including phenoxy) is 1. The highest BCUT2D eigenvalue weighted by atomic mass is 32.2. The predicted octanol–water partition coefficient (Wildman–Crippen LogP) is 2.07. The Labute approximate surface area is 188 Å². The summed E-state index contributed by atoms with van der Waals surface area (Å²) in [6.07, 6.45) is 1.99. The molecule has 1 saturated heterocycles. The number of amides is 2. The fourth-order valence-corrected chi connectivity index (χ4v) is 5.88. The molecule has 0 aliphatic carbocycles. The van der Waals surface area contributed by atoms with Crippen molar-refractivity contribution in [1.29, 1.82) is 0 Å². The Morgan fingerprint density at radius 3 is 2.41 bits per heavy atom. The van der Waals surface area contributed by atoms with Crippen LogP contribution in [0.4, 0.5) is 5.69 Å². The molecule has 2 amide bonds. The van der Waals surface area contributed by atoms with E-state index in [1.54, 1.807) is 19.2 Å². The Hall–Kier alpha value is -2.91. The van der Waals surface area contributed by atoms with Crippen molar-refractivity contribution in [2.45, 2.75) is 43.7 Å². The second kappa shape index (κ2) is 8.91. The molecule has 170 valence electrons. The van der Waals surface area contributed by atoms with Crippen molar-refractivity contribution in [2.24, 2.45) is 0 Å². The van der Waals surface area contributed by atoms with E-state index in [0.717, 1.165) is 24.2 Å². The highest BCUT2D eigenvalue weighted by Gasteiger charge is 2.38. The van der Waals surface area contributed by atoms with Crippen molar-refractivity contribution in [2.75, 3.05) is 25.1 Å². The third kappa shape index (κ3) is 4.22. The number of nitrogens with one attached hydrogen (secondary N) is 1. The number of hydrogen-bond acceptors (Lipinski definition) is 5. The van der Waals surface area contributed by atoms with Gasteiger partial charge in [-0.3, -0.25) is 14.5 Å². The summed E-state index contributed by atoms with van der Waals surface area (Å²) in [5, 5.41) is 2.89. The molecule has 0 aromatic heterocycles. The number of anilines is 1. The van der Waals surface area contributed by atoms with E-state index in [4.69, 9.17) is 4.74 Å². The molecule has 2 heterocycles. The number of fused-ring (bicyclic) bond motifs is 1. The quantitative estimate of drug-likeness (QED) is 0.717. The number of benzene rings is 2. The van der Waals surface area contributed by atoms with Crippen LogP contribution in [0.1, 0.15) is 30.9 Å². The zero-order valence-corrected chi connectivity index (χ0v) is 19.0. The molecule has 0 unspecified atom stereocenters. The molecule has 9 heteroatoms. The zero-order chi connectivity index (χ0) is 22.9. The van der Waals surface area contributed by atoms with Gasteiger partial charge < -0.3 is 10.1 Å². The molecule has 8 nitrogen and oxygen atoms in total. The number of nitrogens with zero attached hydrogens (tertiary/aromatic N) is 2. The van der Waals surface area contributed by atoms with Gasteiger partial charge in [0.15, 0.2) is 0 Å². The summed E-state index contributed by atoms with van der Waals surface area (Å²) in [5.41, 5.74) is 2.18. The smallest absolute Gasteiger partial charge is 0.243 e. The number of hydrogen-bond donors (Lipinski definition) is 1. The van der Waals surface area contributed by atoms with Crippen LogP contribution in [0.25, 0.3) is 0 Å². The van der Waals surface area contributed by atoms with E-state index in [-0.39, 0.29) is 23.1 Å². The lowest BCUT2D eigenvalue weighted by atomic mass is 10.1. The van der Waals surface area contributed by atoms with Crippen molar-refractivity contribution in [1.82, 2.24) is 9.62 Å². The first kappa shape index (κ1) is 22.3. The molecule has 2 aliphatic rings. The maximum Gasteiger partial charge on any atom is 0.243 e. The number of carbonyl (C=O) groups is 2. The van der Waals surface area contributed by atoms with Gasteiger partial charge in [-0.25, -0.2) is 8.42 Å². The van der Waals surface area contributed by atoms with E-state index in [9.17, 15) is 18.0 Å². The summed E-state index contributed by atoms with van der Waals surface area (Å²) in [5.74, 6) is 0.188. The van der Waals surface area contributed by atoms with Crippen LogP contribution >= 0.6 is 0 Å². The van der Waals surface area contributed by atoms with E-state index in [1.165, 1.54) is 22.2 Å². The van der Waals surface area contributed by atoms with Crippen LogP contribution in [0, 0.1) is 0 Å². The molecule has 0 spiro atoms. The Bertz CT molecular complexity index is 1120. The first-order valence-electron chi connectivity index (χ1n) is 10.6. The average Bonchev–Trinajstić information content (AvgIpc) is 3.45. The van der Waals surface area contributed by atoms with E-state index >= 15 is 0 Å². The van der Waals surface area contributed by atoms with Gasteiger partial charge in [-0.1, -0.05) is 12.1 Å². The Morgan fingerprint density at radius 2 is 1.78 bits per heavy atom. The molecule has 32 heavy (non-hydrogen) atoms. The summed E-state index contributed by atoms with van der Waals surface area (Å²) in [7, 11) is -1.98. The molecule has 2 aromatic carbocycles. The van der Waals surface area contributed by atoms with Gasteiger partial charge in [-0.05, 0) is 54.3 Å². The average molecular weight is 458 g/mol. The SMILES string of the molecule is COc1ccc(CNC(=O)[C@H]2Cc3cc(S(=O)(=O)N4CCCC4)ccc3N2C(C)=O)cc1. The highest BCUT2D eigenvalue weighted by molar-refractivity contribution is 7.89. The fourth-order valence-electron chi connectivity index (χ4n) is 4.32. The molecular weight excluding hydrogens is 430 g/mol. The minimum absolute atomic E-state index is 0.209. The van der Waals surface area contributed by atoms with Crippen LogP contribution in [0.5, 0.6) is 5.75 Å². The van der Waals surface area contributed by atoms with Crippen LogP contribution < -0.4 is 15.0 Å². The van der Waals surface area contributed by atoms with Crippen LogP contribution in [0.2, 0.25) is 0 Å². The molecule has 0 radical (unpaired) electrons. The molecule has 0 bridgehead atoms. The van der Waals surface area contributed by atoms with Gasteiger partial charge in [-0.15, -0.1) is 0 Å². The molecule has 1 N–H and O–H groups in total. The molecule has 1 fully saturated rings. The summed E-state index contributed by atoms with van der Waals surface area (Å²) < 4.78 is 32.5. The van der Waals surface area contributed by atoms with E-state index < -0.39 is 16.1 Å². The van der Waals surface area contributed by atoms with Crippen LogP contribution in [-0.2, 0) is 32.6 Å². The summed E-state index contributed by atoms with van der Waals surface area (Å²) in [6, 6.07) is 11.4. The zero-order valence-electron chi connectivity index (χ0n) is 18.2. The third-order valence-corrected chi connectivity index (χ3v) is 7.90. The van der Waals surface area contributed by atoms with Crippen LogP contribution in [0.15, 0.2) is 47.4 Å². The number of carbonyl (C=O) groups excluding carboxylic acids is 2. The molecular formula is C23H27N3O5S. The molecule has 2 aliphatic heterocycles. The van der Waals surface area contributed by atoms with E-state index in [2.05, 4.69) is 5.32 Å². The lowest BCUT2D eigenvalue weighted by Gasteiger charge is -2.23. The lowest BCUT2D eigenvalue weighted by molar-refractivity contribution is -0.125. The topological polar surface area (TPSA) is 96.0 Å². The minimum atomic E-state index is -3.57. The Morgan fingerprint density at radius 1 is 1.09 bits per heavy atom. The Kier molecular flexibility index (Phi) is 6.21. The van der Waals surface area contributed by atoms with E-state index in [1.807, 2.05) is 24.3 Å². The number of rotatable bonds is 6. The standard InChI is InChI=1S/C23H27N3O5S/c1-16(27)26-21-10-9-20(32(29,30)25-11-3-4-12-25)13-18(21)14-22(26)23(28)24-15-17-5-7-19(31-2)8-6-17/h5-10,13,22H,3-4,11-12,14-15H2,1-2H3,(H,24,28)/t22-/m1/s1. The van der Waals surface area contributed by atoms with Gasteiger partial charge in [0, 0.05) is 38.7 Å². The normalized spacial score (nSPS) is 18.4. The third-order valence-electron chi connectivity index (χ3n) is 6.01. The lowest BCUT2D eigenvalue weighted by Crippen LogP contribution is -2.47. The maximum atomic E-state index is 13.0. The Balaban J connectivity index is 1.52. The van der Waals surface area contributed by atoms with Crippen molar-refractivity contribution in [3.63, 3.8) is 0 Å². The summed E-state index contributed by atoms with van der Waals surface area (Å²) >= 11 is 0. The molecule has 0 saturated carbocycles. The summed E-state index contributed by atoms with van der Waals surface area (Å²) in [4.78, 5) is 27.0. The first-order valence-corrected chi connectivity index (χ1v) is 12.1. The number of methoxy groups -OCH3 is 1. The predicted molar refractivity (Wildman–Crippen MR) is 120 cm³/mol. The van der Waals surface area contributed by atoms with Gasteiger partial charge in [0.2, 0.25) is 21.8 Å². The van der Waals surface area contributed by atoms with Crippen LogP contribution in [-0.4, -0.2) is 50.8 Å².